The molecule has 2 heterocycles. The average molecular weight is 833 g/mol. The van der Waals surface area contributed by atoms with Crippen molar-refractivity contribution in [2.45, 2.75) is 51.9 Å². The third-order valence-corrected chi connectivity index (χ3v) is 11.4. The minimum absolute atomic E-state index is 0.148. The van der Waals surface area contributed by atoms with E-state index < -0.39 is 34.0 Å². The fraction of sp³-hybridized carbons (Fsp3) is 0.208. The molecule has 6 aromatic rings. The minimum atomic E-state index is -1.09. The molecule has 8 rings (SSSR count). The third kappa shape index (κ3) is 8.22. The van der Waals surface area contributed by atoms with Crippen molar-refractivity contribution in [3.63, 3.8) is 0 Å². The van der Waals surface area contributed by atoms with Gasteiger partial charge in [0.2, 0.25) is 0 Å². The number of hydrogen-bond donors (Lipinski definition) is 2. The number of rotatable bonds is 15. The number of ether oxygens (including phenoxy) is 2. The molecule has 0 fully saturated rings. The van der Waals surface area contributed by atoms with Gasteiger partial charge in [0.05, 0.1) is 47.5 Å². The van der Waals surface area contributed by atoms with Crippen LogP contribution in [0.1, 0.15) is 61.0 Å². The number of carbonyl (C=O) groups is 2. The van der Waals surface area contributed by atoms with Crippen LogP contribution >= 0.6 is 0 Å². The van der Waals surface area contributed by atoms with E-state index in [1.54, 1.807) is 26.0 Å². The van der Waals surface area contributed by atoms with Crippen molar-refractivity contribution in [1.29, 1.82) is 0 Å². The molecule has 14 nitrogen and oxygen atoms in total. The van der Waals surface area contributed by atoms with E-state index >= 15 is 0 Å². The lowest BCUT2D eigenvalue weighted by atomic mass is 9.93. The number of urea groups is 2. The van der Waals surface area contributed by atoms with Crippen LogP contribution in [-0.2, 0) is 13.1 Å². The number of carbonyl (C=O) groups excluding carboxylic acids is 2. The summed E-state index contributed by atoms with van der Waals surface area (Å²) in [4.78, 5) is 54.8. The first-order valence-electron chi connectivity index (χ1n) is 20.3. The highest BCUT2D eigenvalue weighted by Gasteiger charge is 2.43. The van der Waals surface area contributed by atoms with E-state index in [0.29, 0.717) is 46.2 Å². The number of fused-ring (bicyclic) bond motifs is 2. The molecule has 2 aliphatic rings. The predicted molar refractivity (Wildman–Crippen MR) is 234 cm³/mol. The van der Waals surface area contributed by atoms with Crippen molar-refractivity contribution in [3.8, 4) is 11.5 Å². The van der Waals surface area contributed by atoms with E-state index in [0.717, 1.165) is 21.9 Å². The molecule has 314 valence electrons. The summed E-state index contributed by atoms with van der Waals surface area (Å²) in [7, 11) is 0. The van der Waals surface area contributed by atoms with Crippen LogP contribution in [0.15, 0.2) is 156 Å². The number of nitrogens with zero attached hydrogens (tertiary/aromatic N) is 4. The smallest absolute Gasteiger partial charge is 0.323 e. The van der Waals surface area contributed by atoms with Gasteiger partial charge < -0.3 is 20.1 Å². The van der Waals surface area contributed by atoms with Gasteiger partial charge in [-0.2, -0.15) is 0 Å². The van der Waals surface area contributed by atoms with Gasteiger partial charge in [-0.05, 0) is 71.5 Å². The zero-order valence-corrected chi connectivity index (χ0v) is 34.2. The van der Waals surface area contributed by atoms with Crippen molar-refractivity contribution >= 4 is 33.6 Å². The van der Waals surface area contributed by atoms with E-state index in [2.05, 4.69) is 10.6 Å². The normalized spacial score (nSPS) is 16.7. The lowest BCUT2D eigenvalue weighted by molar-refractivity contribution is -0.433. The Hall–Kier alpha value is -7.74. The maximum atomic E-state index is 13.7. The molecule has 6 aromatic carbocycles. The van der Waals surface area contributed by atoms with Gasteiger partial charge in [0, 0.05) is 11.1 Å². The molecule has 2 unspecified atom stereocenters. The second-order valence-electron chi connectivity index (χ2n) is 15.2. The lowest BCUT2D eigenvalue weighted by Crippen LogP contribution is -2.47. The van der Waals surface area contributed by atoms with E-state index in [1.165, 1.54) is 9.80 Å². The largest absolute Gasteiger partial charge is 0.493 e. The van der Waals surface area contributed by atoms with Crippen LogP contribution in [0, 0.1) is 20.2 Å². The second kappa shape index (κ2) is 17.9. The number of benzene rings is 6. The third-order valence-electron chi connectivity index (χ3n) is 11.4. The Morgan fingerprint density at radius 2 is 0.903 bits per heavy atom. The van der Waals surface area contributed by atoms with Gasteiger partial charge in [-0.25, -0.2) is 9.59 Å². The molecule has 2 atom stereocenters. The lowest BCUT2D eigenvalue weighted by Gasteiger charge is -2.33. The Bertz CT molecular complexity index is 2570. The molecule has 62 heavy (non-hydrogen) atoms. The van der Waals surface area contributed by atoms with Gasteiger partial charge in [-0.15, -0.1) is 0 Å². The van der Waals surface area contributed by atoms with Crippen LogP contribution < -0.4 is 20.1 Å². The van der Waals surface area contributed by atoms with E-state index in [-0.39, 0.29) is 49.1 Å². The summed E-state index contributed by atoms with van der Waals surface area (Å²) >= 11 is 0. The summed E-state index contributed by atoms with van der Waals surface area (Å²) in [6.07, 6.45) is 1.03. The summed E-state index contributed by atoms with van der Waals surface area (Å²) < 4.78 is 12.7. The topological polar surface area (TPSA) is 169 Å². The summed E-state index contributed by atoms with van der Waals surface area (Å²) in [5.74, 6) is 0.804. The van der Waals surface area contributed by atoms with E-state index in [4.69, 9.17) is 9.47 Å². The maximum absolute atomic E-state index is 13.7. The number of allylic oxidation sites excluding steroid dienone is 2. The second-order valence-corrected chi connectivity index (χ2v) is 15.2. The predicted octanol–water partition coefficient (Wildman–Crippen LogP) is 9.78. The maximum Gasteiger partial charge on any atom is 0.323 e. The molecular formula is C48H44N6O8. The number of amides is 4. The standard InChI is InChI=1S/C48H44N6O8/c1-31-45(53(57)58)43(49-47(55)51(31)29-33-15-5-3-6-16-33)41-37-21-11-9-19-35(37)23-25-39(41)61-27-13-14-28-62-40-26-24-36-20-10-12-22-38(36)42(40)44-46(54(59)60)32(2)52(48(56)50-44)30-34-17-7-4-8-18-34/h3-12,15-26,43-44H,13-14,27-30H2,1-2H3,(H,49,55)(H,50,56). The monoisotopic (exact) mass is 832 g/mol. The van der Waals surface area contributed by atoms with Crippen LogP contribution in [0.2, 0.25) is 0 Å². The highest BCUT2D eigenvalue weighted by atomic mass is 16.6. The molecule has 14 heteroatoms. The molecular weight excluding hydrogens is 789 g/mol. The molecule has 0 saturated heterocycles. The first-order valence-corrected chi connectivity index (χ1v) is 20.3. The number of nitro groups is 2. The van der Waals surface area contributed by atoms with Crippen molar-refractivity contribution in [2.24, 2.45) is 0 Å². The SMILES string of the molecule is CC1=C([N+](=O)[O-])C(c2c(OCCCCOc3ccc4ccccc4c3C3NC(=O)N(Cc4ccccc4)C(C)=C3[N+](=O)[O-])ccc3ccccc23)NC(=O)N1Cc1ccccc1. The Morgan fingerprint density at radius 1 is 0.532 bits per heavy atom. The molecule has 0 radical (unpaired) electrons. The first-order chi connectivity index (χ1) is 30.1. The molecule has 0 spiro atoms. The van der Waals surface area contributed by atoms with Crippen LogP contribution in [0.5, 0.6) is 11.5 Å². The zero-order chi connectivity index (χ0) is 43.3. The molecule has 0 aliphatic carbocycles. The number of nitrogens with one attached hydrogen (secondary N) is 2. The summed E-state index contributed by atoms with van der Waals surface area (Å²) in [5, 5.41) is 34.5. The minimum Gasteiger partial charge on any atom is -0.493 e. The van der Waals surface area contributed by atoms with Crippen LogP contribution in [0.3, 0.4) is 0 Å². The molecule has 2 N–H and O–H groups in total. The number of unbranched alkanes of at least 4 members (excludes halogenated alkanes) is 1. The Kier molecular flexibility index (Phi) is 11.8. The Labute approximate surface area is 357 Å². The van der Waals surface area contributed by atoms with Crippen molar-refractivity contribution in [1.82, 2.24) is 20.4 Å². The fourth-order valence-electron chi connectivity index (χ4n) is 8.31. The van der Waals surface area contributed by atoms with Gasteiger partial charge in [-0.3, -0.25) is 30.0 Å². The molecule has 2 aliphatic heterocycles. The number of hydrogen-bond acceptors (Lipinski definition) is 8. The molecule has 0 saturated carbocycles. The summed E-state index contributed by atoms with van der Waals surface area (Å²) in [6, 6.07) is 37.8. The van der Waals surface area contributed by atoms with Crippen LogP contribution in [0.4, 0.5) is 9.59 Å². The van der Waals surface area contributed by atoms with Crippen molar-refractivity contribution in [2.75, 3.05) is 13.2 Å². The molecule has 0 bridgehead atoms. The van der Waals surface area contributed by atoms with Gasteiger partial charge in [0.15, 0.2) is 12.1 Å². The average Bonchev–Trinajstić information content (AvgIpc) is 3.27. The highest BCUT2D eigenvalue weighted by Crippen LogP contribution is 2.42. The van der Waals surface area contributed by atoms with Gasteiger partial charge in [-0.1, -0.05) is 121 Å². The van der Waals surface area contributed by atoms with Crippen LogP contribution in [0.25, 0.3) is 21.5 Å². The van der Waals surface area contributed by atoms with Crippen molar-refractivity contribution in [3.05, 3.63) is 199 Å². The first kappa shape index (κ1) is 41.0. The Balaban J connectivity index is 1.01. The summed E-state index contributed by atoms with van der Waals surface area (Å²) in [5.41, 5.74) is 2.82. The fourth-order valence-corrected chi connectivity index (χ4v) is 8.31. The van der Waals surface area contributed by atoms with E-state index in [1.807, 2.05) is 121 Å². The van der Waals surface area contributed by atoms with Gasteiger partial charge in [0.25, 0.3) is 11.4 Å². The zero-order valence-electron chi connectivity index (χ0n) is 34.2. The Morgan fingerprint density at radius 3 is 1.29 bits per heavy atom. The van der Waals surface area contributed by atoms with Gasteiger partial charge >= 0.3 is 12.1 Å². The highest BCUT2D eigenvalue weighted by molar-refractivity contribution is 5.91. The molecule has 4 amide bonds. The quantitative estimate of drug-likeness (QED) is 0.0585. The van der Waals surface area contributed by atoms with Gasteiger partial charge in [0.1, 0.15) is 11.5 Å². The summed E-state index contributed by atoms with van der Waals surface area (Å²) in [6.45, 7) is 3.97. The van der Waals surface area contributed by atoms with Crippen molar-refractivity contribution < 1.29 is 28.9 Å². The van der Waals surface area contributed by atoms with E-state index in [9.17, 15) is 29.8 Å². The molecule has 0 aromatic heterocycles. The van der Waals surface area contributed by atoms with Crippen LogP contribution in [-0.4, -0.2) is 44.9 Å².